The van der Waals surface area contributed by atoms with E-state index in [1.807, 2.05) is 13.0 Å². The molecule has 5 rings (SSSR count). The van der Waals surface area contributed by atoms with Gasteiger partial charge in [0.1, 0.15) is 17.4 Å². The first kappa shape index (κ1) is 26.6. The molecule has 1 saturated heterocycles. The van der Waals surface area contributed by atoms with Crippen molar-refractivity contribution in [3.63, 3.8) is 0 Å². The van der Waals surface area contributed by atoms with Crippen LogP contribution in [-0.4, -0.2) is 89.1 Å². The van der Waals surface area contributed by atoms with Gasteiger partial charge in [0.25, 0.3) is 0 Å². The number of aromatic amines is 1. The van der Waals surface area contributed by atoms with Gasteiger partial charge in [0.2, 0.25) is 0 Å². The number of carbonyl (C=O) groups excluding carboxylic acids is 1. The topological polar surface area (TPSA) is 93.3 Å². The van der Waals surface area contributed by atoms with Crippen LogP contribution < -0.4 is 10.2 Å². The predicted molar refractivity (Wildman–Crippen MR) is 153 cm³/mol. The van der Waals surface area contributed by atoms with Crippen LogP contribution in [0.2, 0.25) is 0 Å². The summed E-state index contributed by atoms with van der Waals surface area (Å²) in [5, 5.41) is 11.4. The minimum atomic E-state index is 0.294. The Morgan fingerprint density at radius 2 is 1.84 bits per heavy atom. The number of nitrogens with one attached hydrogen (secondary N) is 2. The molecular weight excluding hydrogens is 496 g/mol. The van der Waals surface area contributed by atoms with Gasteiger partial charge in [-0.15, -0.1) is 0 Å². The van der Waals surface area contributed by atoms with E-state index in [-0.39, 0.29) is 0 Å². The largest absolute Gasteiger partial charge is 0.354 e. The Morgan fingerprint density at radius 3 is 2.47 bits per heavy atom. The van der Waals surface area contributed by atoms with E-state index in [2.05, 4.69) is 75.5 Å². The third-order valence-corrected chi connectivity index (χ3v) is 8.00. The van der Waals surface area contributed by atoms with Crippen LogP contribution in [0.4, 0.5) is 17.5 Å². The van der Waals surface area contributed by atoms with E-state index in [0.29, 0.717) is 23.3 Å². The van der Waals surface area contributed by atoms with E-state index in [1.54, 1.807) is 11.8 Å². The Labute approximate surface area is 229 Å². The second-order valence-corrected chi connectivity index (χ2v) is 11.7. The third kappa shape index (κ3) is 6.92. The predicted octanol–water partition coefficient (Wildman–Crippen LogP) is 3.92. The third-order valence-electron chi connectivity index (χ3n) is 7.13. The van der Waals surface area contributed by atoms with E-state index in [4.69, 9.17) is 9.97 Å². The highest BCUT2D eigenvalue weighted by Crippen LogP contribution is 2.34. The number of hydrogen-bond acceptors (Lipinski definition) is 9. The van der Waals surface area contributed by atoms with Gasteiger partial charge in [-0.3, -0.25) is 14.8 Å². The normalized spacial score (nSPS) is 16.3. The Bertz CT molecular complexity index is 1250. The number of piperazine rings is 1. The zero-order valence-corrected chi connectivity index (χ0v) is 23.6. The SMILES string of the molecule is Cc1cc(Nc2nc(Sc3ccc(CC(=O)C4CC4)cc3)nc(N3CCN(CCN(C)C)CC3)c2C)n[nH]1. The number of benzene rings is 1. The van der Waals surface area contributed by atoms with Crippen LogP contribution >= 0.6 is 11.8 Å². The Kier molecular flexibility index (Phi) is 8.30. The number of likely N-dealkylation sites (N-methyl/N-ethyl adjacent to an activating group) is 1. The van der Waals surface area contributed by atoms with Gasteiger partial charge < -0.3 is 15.1 Å². The molecule has 2 aliphatic rings. The van der Waals surface area contributed by atoms with E-state index in [9.17, 15) is 4.79 Å². The van der Waals surface area contributed by atoms with Gasteiger partial charge in [-0.1, -0.05) is 12.1 Å². The van der Waals surface area contributed by atoms with Crippen LogP contribution in [0.1, 0.15) is 29.7 Å². The van der Waals surface area contributed by atoms with Crippen LogP contribution in [0.15, 0.2) is 40.4 Å². The Morgan fingerprint density at radius 1 is 1.11 bits per heavy atom. The van der Waals surface area contributed by atoms with Crippen molar-refractivity contribution < 1.29 is 4.79 Å². The molecule has 10 heteroatoms. The number of ketones is 1. The number of nitrogens with zero attached hydrogens (tertiary/aromatic N) is 6. The zero-order valence-electron chi connectivity index (χ0n) is 22.8. The number of Topliss-reactive ketones (excluding diaryl/α,β-unsaturated/α-hetero) is 1. The number of anilines is 3. The summed E-state index contributed by atoms with van der Waals surface area (Å²) < 4.78 is 0. The molecule has 1 saturated carbocycles. The molecule has 202 valence electrons. The molecule has 1 aromatic carbocycles. The van der Waals surface area contributed by atoms with Gasteiger partial charge in [0.15, 0.2) is 11.0 Å². The lowest BCUT2D eigenvalue weighted by molar-refractivity contribution is -0.119. The molecule has 0 atom stereocenters. The van der Waals surface area contributed by atoms with Gasteiger partial charge in [-0.25, -0.2) is 9.97 Å². The molecule has 0 spiro atoms. The summed E-state index contributed by atoms with van der Waals surface area (Å²) >= 11 is 1.54. The van der Waals surface area contributed by atoms with E-state index < -0.39 is 0 Å². The average molecular weight is 535 g/mol. The zero-order chi connectivity index (χ0) is 26.6. The molecule has 9 nitrogen and oxygen atoms in total. The second-order valence-electron chi connectivity index (χ2n) is 10.7. The molecule has 0 radical (unpaired) electrons. The fourth-order valence-electron chi connectivity index (χ4n) is 4.62. The standard InChI is InChI=1S/C28H38N8OS/c1-19-17-25(33-32-19)29-26-20(2)27(36-15-13-35(14-16-36)12-11-34(3)4)31-28(30-26)38-23-9-5-21(6-10-23)18-24(37)22-7-8-22/h5-6,9-10,17,22H,7-8,11-16,18H2,1-4H3,(H2,29,30,31,32,33). The summed E-state index contributed by atoms with van der Waals surface area (Å²) in [5.41, 5.74) is 3.08. The van der Waals surface area contributed by atoms with Gasteiger partial charge in [-0.2, -0.15) is 5.10 Å². The number of hydrogen-bond donors (Lipinski definition) is 2. The van der Waals surface area contributed by atoms with Crippen LogP contribution in [0.5, 0.6) is 0 Å². The van der Waals surface area contributed by atoms with E-state index >= 15 is 0 Å². The average Bonchev–Trinajstić information content (AvgIpc) is 3.68. The van der Waals surface area contributed by atoms with Crippen molar-refractivity contribution in [2.45, 2.75) is 43.2 Å². The summed E-state index contributed by atoms with van der Waals surface area (Å²) in [4.78, 5) is 30.3. The fourth-order valence-corrected chi connectivity index (χ4v) is 5.37. The monoisotopic (exact) mass is 534 g/mol. The first-order chi connectivity index (χ1) is 18.3. The van der Waals surface area contributed by atoms with Gasteiger partial charge in [-0.05, 0) is 70.2 Å². The molecule has 1 aliphatic carbocycles. The van der Waals surface area contributed by atoms with Crippen molar-refractivity contribution in [3.05, 3.63) is 47.2 Å². The van der Waals surface area contributed by atoms with Crippen molar-refractivity contribution in [1.82, 2.24) is 30.0 Å². The highest BCUT2D eigenvalue weighted by Gasteiger charge is 2.29. The molecule has 2 N–H and O–H groups in total. The lowest BCUT2D eigenvalue weighted by Crippen LogP contribution is -2.48. The molecule has 2 aromatic heterocycles. The number of aromatic nitrogens is 4. The molecule has 1 aliphatic heterocycles. The van der Waals surface area contributed by atoms with Gasteiger partial charge in [0.05, 0.1) is 0 Å². The highest BCUT2D eigenvalue weighted by atomic mass is 32.2. The summed E-state index contributed by atoms with van der Waals surface area (Å²) in [6.07, 6.45) is 2.64. The van der Waals surface area contributed by atoms with Crippen molar-refractivity contribution >= 4 is 35.0 Å². The minimum absolute atomic E-state index is 0.294. The van der Waals surface area contributed by atoms with Crippen LogP contribution in [0.25, 0.3) is 0 Å². The van der Waals surface area contributed by atoms with Crippen molar-refractivity contribution in [1.29, 1.82) is 0 Å². The highest BCUT2D eigenvalue weighted by molar-refractivity contribution is 7.99. The summed E-state index contributed by atoms with van der Waals surface area (Å²) in [6, 6.07) is 10.2. The van der Waals surface area contributed by atoms with Crippen molar-refractivity contribution in [2.24, 2.45) is 5.92 Å². The molecule has 2 fully saturated rings. The molecule has 0 bridgehead atoms. The molecule has 38 heavy (non-hydrogen) atoms. The molecule has 0 unspecified atom stereocenters. The molecule has 0 amide bonds. The first-order valence-corrected chi connectivity index (χ1v) is 14.2. The van der Waals surface area contributed by atoms with Crippen molar-refractivity contribution in [3.8, 4) is 0 Å². The van der Waals surface area contributed by atoms with Crippen LogP contribution in [-0.2, 0) is 11.2 Å². The maximum Gasteiger partial charge on any atom is 0.196 e. The summed E-state index contributed by atoms with van der Waals surface area (Å²) in [6.45, 7) is 10.1. The number of carbonyl (C=O) groups is 1. The fraction of sp³-hybridized carbons (Fsp3) is 0.500. The maximum absolute atomic E-state index is 12.2. The van der Waals surface area contributed by atoms with Gasteiger partial charge >= 0.3 is 0 Å². The Balaban J connectivity index is 1.34. The maximum atomic E-state index is 12.2. The first-order valence-electron chi connectivity index (χ1n) is 13.4. The lowest BCUT2D eigenvalue weighted by atomic mass is 10.1. The summed E-state index contributed by atoms with van der Waals surface area (Å²) in [7, 11) is 4.24. The van der Waals surface area contributed by atoms with Gasteiger partial charge in [0, 0.05) is 73.8 Å². The molecule has 3 heterocycles. The van der Waals surface area contributed by atoms with Crippen LogP contribution in [0, 0.1) is 19.8 Å². The van der Waals surface area contributed by atoms with E-state index in [0.717, 1.165) is 91.3 Å². The molecular formula is C28H38N8OS. The number of rotatable bonds is 11. The quantitative estimate of drug-likeness (QED) is 0.355. The second kappa shape index (κ2) is 11.8. The smallest absolute Gasteiger partial charge is 0.196 e. The minimum Gasteiger partial charge on any atom is -0.354 e. The number of aryl methyl sites for hydroxylation is 1. The summed E-state index contributed by atoms with van der Waals surface area (Å²) in [5.74, 6) is 3.14. The number of H-pyrrole nitrogens is 1. The van der Waals surface area contributed by atoms with E-state index in [1.165, 1.54) is 0 Å². The van der Waals surface area contributed by atoms with Crippen molar-refractivity contribution in [2.75, 3.05) is 63.6 Å². The lowest BCUT2D eigenvalue weighted by Gasteiger charge is -2.36. The molecule has 3 aromatic rings. The Hall–Kier alpha value is -2.95. The van der Waals surface area contributed by atoms with Crippen LogP contribution in [0.3, 0.4) is 0 Å².